The Kier molecular flexibility index (Phi) is 10.3. The fourth-order valence-electron chi connectivity index (χ4n) is 4.07. The summed E-state index contributed by atoms with van der Waals surface area (Å²) < 4.78 is 0. The first-order valence-electron chi connectivity index (χ1n) is 10.3. The predicted octanol–water partition coefficient (Wildman–Crippen LogP) is 2.69. The summed E-state index contributed by atoms with van der Waals surface area (Å²) >= 11 is 0. The van der Waals surface area contributed by atoms with E-state index in [1.54, 1.807) is 0 Å². The van der Waals surface area contributed by atoms with Crippen LogP contribution in [0.5, 0.6) is 0 Å². The Morgan fingerprint density at radius 1 is 0.654 bits per heavy atom. The van der Waals surface area contributed by atoms with E-state index in [2.05, 4.69) is 78.0 Å². The Hall–Kier alpha value is -0.200. The van der Waals surface area contributed by atoms with Crippen LogP contribution in [0.1, 0.15) is 81.1 Å². The van der Waals surface area contributed by atoms with E-state index in [-0.39, 0.29) is 22.2 Å². The molecule has 0 aliphatic rings. The van der Waals surface area contributed by atoms with Gasteiger partial charge in [0.2, 0.25) is 0 Å². The summed E-state index contributed by atoms with van der Waals surface area (Å²) in [5, 5.41) is 7.30. The van der Waals surface area contributed by atoms with E-state index < -0.39 is 0 Å². The number of nitrogens with two attached hydrogens (primary N) is 2. The van der Waals surface area contributed by atoms with E-state index >= 15 is 0 Å². The third-order valence-electron chi connectivity index (χ3n) is 4.44. The molecule has 0 unspecified atom stereocenters. The molecule has 5 nitrogen and oxygen atoms in total. The summed E-state index contributed by atoms with van der Waals surface area (Å²) in [5.74, 6) is 0. The molecule has 6 N–H and O–H groups in total. The molecule has 0 aliphatic heterocycles. The van der Waals surface area contributed by atoms with E-state index in [1.165, 1.54) is 0 Å². The van der Waals surface area contributed by atoms with Gasteiger partial charge in [-0.2, -0.15) is 0 Å². The fraction of sp³-hybridized carbons (Fsp3) is 1.00. The molecule has 0 bridgehead atoms. The van der Waals surface area contributed by atoms with Crippen molar-refractivity contribution in [2.45, 2.75) is 103 Å². The Balaban J connectivity index is 3.86. The highest BCUT2D eigenvalue weighted by Gasteiger charge is 2.25. The van der Waals surface area contributed by atoms with Crippen LogP contribution in [-0.2, 0) is 0 Å². The highest BCUT2D eigenvalue weighted by molar-refractivity contribution is 4.88. The standard InChI is InChI=1S/C21H49N5/c1-18(2,22)16-20(5,6)24-12-10-14-26(9)15-11-13-25-21(7,8)17-19(3,4)23/h24-25H,10-17,22-23H2,1-9H3. The van der Waals surface area contributed by atoms with Gasteiger partial charge in [-0.05, 0) is 114 Å². The lowest BCUT2D eigenvalue weighted by molar-refractivity contribution is 0.264. The molecule has 0 aromatic heterocycles. The minimum Gasteiger partial charge on any atom is -0.325 e. The van der Waals surface area contributed by atoms with Gasteiger partial charge in [0, 0.05) is 22.2 Å². The Morgan fingerprint density at radius 3 is 1.23 bits per heavy atom. The number of nitrogens with one attached hydrogen (secondary N) is 2. The molecule has 0 radical (unpaired) electrons. The van der Waals surface area contributed by atoms with Crippen LogP contribution in [0, 0.1) is 0 Å². The number of rotatable bonds is 14. The zero-order valence-corrected chi connectivity index (χ0v) is 19.3. The monoisotopic (exact) mass is 371 g/mol. The molecule has 5 heteroatoms. The molecule has 0 aromatic carbocycles. The molecule has 0 amide bonds. The first-order valence-corrected chi connectivity index (χ1v) is 10.3. The second kappa shape index (κ2) is 10.4. The van der Waals surface area contributed by atoms with E-state index in [0.29, 0.717) is 0 Å². The molecule has 0 saturated carbocycles. The van der Waals surface area contributed by atoms with Crippen molar-refractivity contribution >= 4 is 0 Å². The summed E-state index contributed by atoms with van der Waals surface area (Å²) in [6.07, 6.45) is 4.25. The van der Waals surface area contributed by atoms with E-state index in [0.717, 1.165) is 51.9 Å². The quantitative estimate of drug-likeness (QED) is 0.353. The normalized spacial score (nSPS) is 14.3. The van der Waals surface area contributed by atoms with Crippen molar-refractivity contribution in [3.8, 4) is 0 Å². The number of nitrogens with zero attached hydrogens (tertiary/aromatic N) is 1. The highest BCUT2D eigenvalue weighted by Crippen LogP contribution is 2.18. The largest absolute Gasteiger partial charge is 0.325 e. The maximum absolute atomic E-state index is 6.15. The van der Waals surface area contributed by atoms with Gasteiger partial charge in [0.05, 0.1) is 0 Å². The molecule has 0 spiro atoms. The topological polar surface area (TPSA) is 79.3 Å². The molecular formula is C21H49N5. The van der Waals surface area contributed by atoms with Crippen LogP contribution < -0.4 is 22.1 Å². The lowest BCUT2D eigenvalue weighted by Crippen LogP contribution is -2.49. The maximum atomic E-state index is 6.15. The lowest BCUT2D eigenvalue weighted by atomic mass is 9.88. The molecule has 0 aliphatic carbocycles. The van der Waals surface area contributed by atoms with Gasteiger partial charge in [0.15, 0.2) is 0 Å². The van der Waals surface area contributed by atoms with Crippen molar-refractivity contribution < 1.29 is 0 Å². The van der Waals surface area contributed by atoms with Crippen molar-refractivity contribution in [2.75, 3.05) is 33.2 Å². The van der Waals surface area contributed by atoms with Crippen molar-refractivity contribution in [2.24, 2.45) is 11.5 Å². The number of hydrogen-bond acceptors (Lipinski definition) is 5. The second-order valence-corrected chi connectivity index (χ2v) is 11.0. The smallest absolute Gasteiger partial charge is 0.0142 e. The van der Waals surface area contributed by atoms with E-state index in [9.17, 15) is 0 Å². The van der Waals surface area contributed by atoms with Gasteiger partial charge in [0.1, 0.15) is 0 Å². The van der Waals surface area contributed by atoms with Gasteiger partial charge in [-0.15, -0.1) is 0 Å². The van der Waals surface area contributed by atoms with Crippen molar-refractivity contribution in [1.29, 1.82) is 0 Å². The van der Waals surface area contributed by atoms with Gasteiger partial charge in [-0.25, -0.2) is 0 Å². The van der Waals surface area contributed by atoms with E-state index in [1.807, 2.05) is 0 Å². The molecule has 26 heavy (non-hydrogen) atoms. The first-order chi connectivity index (χ1) is 11.5. The summed E-state index contributed by atoms with van der Waals surface area (Å²) in [7, 11) is 2.21. The minimum atomic E-state index is -0.132. The van der Waals surface area contributed by atoms with Crippen LogP contribution in [-0.4, -0.2) is 60.3 Å². The highest BCUT2D eigenvalue weighted by atomic mass is 15.1. The molecule has 158 valence electrons. The van der Waals surface area contributed by atoms with Gasteiger partial charge in [-0.1, -0.05) is 0 Å². The fourth-order valence-corrected chi connectivity index (χ4v) is 4.07. The molecule has 0 aromatic rings. The SMILES string of the molecule is CN(CCCNC(C)(C)CC(C)(C)N)CCCNC(C)(C)CC(C)(C)N. The Morgan fingerprint density at radius 2 is 0.962 bits per heavy atom. The molecule has 0 heterocycles. The van der Waals surface area contributed by atoms with E-state index in [4.69, 9.17) is 11.5 Å². The van der Waals surface area contributed by atoms with Crippen LogP contribution in [0.4, 0.5) is 0 Å². The Labute approximate surface area is 164 Å². The molecule has 0 fully saturated rings. The average Bonchev–Trinajstić information content (AvgIpc) is 2.34. The third kappa shape index (κ3) is 16.0. The summed E-state index contributed by atoms with van der Waals surface area (Å²) in [4.78, 5) is 2.42. The second-order valence-electron chi connectivity index (χ2n) is 11.0. The van der Waals surface area contributed by atoms with Crippen molar-refractivity contribution in [1.82, 2.24) is 15.5 Å². The average molecular weight is 372 g/mol. The molecule has 0 rings (SSSR count). The zero-order chi connectivity index (χ0) is 20.6. The van der Waals surface area contributed by atoms with Crippen LogP contribution in [0.25, 0.3) is 0 Å². The van der Waals surface area contributed by atoms with Gasteiger partial charge >= 0.3 is 0 Å². The molecule has 0 saturated heterocycles. The van der Waals surface area contributed by atoms with Crippen LogP contribution in [0.2, 0.25) is 0 Å². The van der Waals surface area contributed by atoms with Gasteiger partial charge < -0.3 is 27.0 Å². The van der Waals surface area contributed by atoms with Crippen molar-refractivity contribution in [3.05, 3.63) is 0 Å². The maximum Gasteiger partial charge on any atom is 0.0142 e. The zero-order valence-electron chi connectivity index (χ0n) is 19.3. The Bertz CT molecular complexity index is 341. The molecular weight excluding hydrogens is 322 g/mol. The summed E-state index contributed by atoms with van der Waals surface area (Å²) in [5.41, 5.74) is 12.2. The van der Waals surface area contributed by atoms with Crippen LogP contribution in [0.15, 0.2) is 0 Å². The van der Waals surface area contributed by atoms with Crippen LogP contribution in [0.3, 0.4) is 0 Å². The van der Waals surface area contributed by atoms with Gasteiger partial charge in [-0.3, -0.25) is 0 Å². The predicted molar refractivity (Wildman–Crippen MR) is 117 cm³/mol. The molecule has 0 atom stereocenters. The lowest BCUT2D eigenvalue weighted by Gasteiger charge is -2.34. The summed E-state index contributed by atoms with van der Waals surface area (Å²) in [6.45, 7) is 21.6. The summed E-state index contributed by atoms with van der Waals surface area (Å²) in [6, 6.07) is 0. The number of hydrogen-bond donors (Lipinski definition) is 4. The van der Waals surface area contributed by atoms with Crippen molar-refractivity contribution in [3.63, 3.8) is 0 Å². The third-order valence-corrected chi connectivity index (χ3v) is 4.44. The first kappa shape index (κ1) is 25.8. The van der Waals surface area contributed by atoms with Crippen LogP contribution >= 0.6 is 0 Å². The minimum absolute atomic E-state index is 0.0864. The van der Waals surface area contributed by atoms with Gasteiger partial charge in [0.25, 0.3) is 0 Å².